The van der Waals surface area contributed by atoms with E-state index in [1.165, 1.54) is 0 Å². The number of nitrogens with zero attached hydrogens (tertiary/aromatic N) is 2. The highest BCUT2D eigenvalue weighted by molar-refractivity contribution is 5.97. The van der Waals surface area contributed by atoms with E-state index in [-0.39, 0.29) is 24.0 Å². The fraction of sp³-hybridized carbons (Fsp3) is 0.531. The fourth-order valence-corrected chi connectivity index (χ4v) is 4.38. The van der Waals surface area contributed by atoms with Crippen molar-refractivity contribution < 1.29 is 28.5 Å². The van der Waals surface area contributed by atoms with Crippen molar-refractivity contribution in [1.29, 1.82) is 0 Å². The number of benzene rings is 2. The lowest BCUT2D eigenvalue weighted by Crippen LogP contribution is -2.42. The first-order chi connectivity index (χ1) is 19.8. The molecule has 0 unspecified atom stereocenters. The zero-order valence-electron chi connectivity index (χ0n) is 25.3. The van der Waals surface area contributed by atoms with Crippen LogP contribution in [-0.2, 0) is 9.53 Å². The minimum absolute atomic E-state index is 0.0461. The summed E-state index contributed by atoms with van der Waals surface area (Å²) in [5, 5.41) is 3.51. The van der Waals surface area contributed by atoms with Gasteiger partial charge in [-0.15, -0.1) is 0 Å². The Labute approximate surface area is 245 Å². The number of hydrazone groups is 1. The van der Waals surface area contributed by atoms with Gasteiger partial charge in [0, 0.05) is 24.6 Å². The summed E-state index contributed by atoms with van der Waals surface area (Å²) in [6, 6.07) is 13.1. The Morgan fingerprint density at radius 3 is 2.02 bits per heavy atom. The van der Waals surface area contributed by atoms with Crippen LogP contribution in [0.1, 0.15) is 89.1 Å². The number of carbonyl (C=O) groups excluding carboxylic acids is 2. The third-order valence-corrected chi connectivity index (χ3v) is 6.30. The molecule has 0 radical (unpaired) electrons. The molecule has 2 rings (SSSR count). The second kappa shape index (κ2) is 18.6. The molecule has 9 nitrogen and oxygen atoms in total. The Bertz CT molecular complexity index is 1080. The summed E-state index contributed by atoms with van der Waals surface area (Å²) in [5.41, 5.74) is 1.43. The molecule has 0 spiro atoms. The van der Waals surface area contributed by atoms with Gasteiger partial charge in [-0.1, -0.05) is 0 Å². The van der Waals surface area contributed by atoms with E-state index < -0.39 is 0 Å². The number of hydrogen-bond donors (Lipinski definition) is 1. The molecule has 0 heterocycles. The number of carbonyl (C=O) groups is 2. The third-order valence-electron chi connectivity index (χ3n) is 6.30. The quantitative estimate of drug-likeness (QED) is 0.0728. The molecular formula is C32H47N3O6. The second-order valence-corrected chi connectivity index (χ2v) is 10.3. The van der Waals surface area contributed by atoms with E-state index >= 15 is 0 Å². The number of nitrogens with two attached hydrogens (primary N) is 1. The summed E-state index contributed by atoms with van der Waals surface area (Å²) < 4.78 is 22.8. The maximum absolute atomic E-state index is 13.4. The van der Waals surface area contributed by atoms with Crippen LogP contribution in [0.3, 0.4) is 0 Å². The van der Waals surface area contributed by atoms with Crippen molar-refractivity contribution in [2.75, 3.05) is 26.4 Å². The van der Waals surface area contributed by atoms with Gasteiger partial charge in [0.15, 0.2) is 0 Å². The number of esters is 1. The van der Waals surface area contributed by atoms with Gasteiger partial charge in [-0.2, -0.15) is 5.10 Å². The Balaban J connectivity index is 1.89. The highest BCUT2D eigenvalue weighted by atomic mass is 16.5. The molecular weight excluding hydrogens is 522 g/mol. The maximum Gasteiger partial charge on any atom is 0.305 e. The molecule has 0 aliphatic heterocycles. The summed E-state index contributed by atoms with van der Waals surface area (Å²) in [6.07, 6.45) is 5.99. The zero-order valence-corrected chi connectivity index (χ0v) is 25.3. The molecule has 41 heavy (non-hydrogen) atoms. The van der Waals surface area contributed by atoms with E-state index in [4.69, 9.17) is 24.8 Å². The van der Waals surface area contributed by atoms with Crippen LogP contribution in [0, 0.1) is 0 Å². The standard InChI is InChI=1S/C32H47N3O6/c1-6-38-31(36)12-8-11-21-41-30-22-28(17-18-29(30)32(37)35(24(2)3)25(4)5)40-20-10-7-9-19-39-27-15-13-26(14-16-27)23-34-33/h13-18,22-25H,6-12,19-21,33H2,1-5H3. The Kier molecular flexibility index (Phi) is 15.2. The van der Waals surface area contributed by atoms with Crippen molar-refractivity contribution in [3.8, 4) is 17.2 Å². The van der Waals surface area contributed by atoms with Gasteiger partial charge in [-0.25, -0.2) is 0 Å². The molecule has 2 N–H and O–H groups in total. The molecule has 2 aromatic rings. The molecule has 9 heteroatoms. The first-order valence-electron chi connectivity index (χ1n) is 14.6. The molecule has 0 aromatic heterocycles. The van der Waals surface area contributed by atoms with E-state index in [9.17, 15) is 9.59 Å². The van der Waals surface area contributed by atoms with Gasteiger partial charge < -0.3 is 29.7 Å². The van der Waals surface area contributed by atoms with E-state index in [0.717, 1.165) is 30.6 Å². The molecule has 0 aliphatic rings. The van der Waals surface area contributed by atoms with Crippen LogP contribution in [0.25, 0.3) is 0 Å². The highest BCUT2D eigenvalue weighted by Gasteiger charge is 2.25. The van der Waals surface area contributed by atoms with Gasteiger partial charge in [-0.05, 0) is 109 Å². The van der Waals surface area contributed by atoms with Crippen LogP contribution in [0.4, 0.5) is 0 Å². The van der Waals surface area contributed by atoms with Crippen LogP contribution in [-0.4, -0.2) is 61.5 Å². The first kappa shape index (κ1) is 33.5. The topological polar surface area (TPSA) is 113 Å². The van der Waals surface area contributed by atoms with Crippen LogP contribution in [0.5, 0.6) is 17.2 Å². The van der Waals surface area contributed by atoms with Crippen LogP contribution in [0.15, 0.2) is 47.6 Å². The van der Waals surface area contributed by atoms with Crippen LogP contribution in [0.2, 0.25) is 0 Å². The van der Waals surface area contributed by atoms with Gasteiger partial charge in [0.25, 0.3) is 5.91 Å². The van der Waals surface area contributed by atoms with E-state index in [2.05, 4.69) is 5.10 Å². The normalized spacial score (nSPS) is 11.2. The molecule has 0 atom stereocenters. The monoisotopic (exact) mass is 569 g/mol. The third kappa shape index (κ3) is 12.1. The number of amides is 1. The molecule has 0 saturated heterocycles. The van der Waals surface area contributed by atoms with Crippen molar-refractivity contribution in [3.05, 3.63) is 53.6 Å². The summed E-state index contributed by atoms with van der Waals surface area (Å²) in [5.74, 6) is 6.84. The lowest BCUT2D eigenvalue weighted by molar-refractivity contribution is -0.143. The van der Waals surface area contributed by atoms with Crippen molar-refractivity contribution in [3.63, 3.8) is 0 Å². The minimum atomic E-state index is -0.206. The van der Waals surface area contributed by atoms with Crippen LogP contribution >= 0.6 is 0 Å². The van der Waals surface area contributed by atoms with Crippen molar-refractivity contribution in [1.82, 2.24) is 4.90 Å². The molecule has 0 bridgehead atoms. The summed E-state index contributed by atoms with van der Waals surface area (Å²) in [4.78, 5) is 26.9. The van der Waals surface area contributed by atoms with Crippen LogP contribution < -0.4 is 20.1 Å². The average Bonchev–Trinajstić information content (AvgIpc) is 2.93. The summed E-state index contributed by atoms with van der Waals surface area (Å²) in [7, 11) is 0. The predicted molar refractivity (Wildman–Crippen MR) is 162 cm³/mol. The number of rotatable bonds is 19. The van der Waals surface area contributed by atoms with Gasteiger partial charge in [0.2, 0.25) is 0 Å². The lowest BCUT2D eigenvalue weighted by atomic mass is 10.1. The minimum Gasteiger partial charge on any atom is -0.494 e. The smallest absolute Gasteiger partial charge is 0.305 e. The van der Waals surface area contributed by atoms with E-state index in [0.29, 0.717) is 62.8 Å². The lowest BCUT2D eigenvalue weighted by Gasteiger charge is -2.31. The van der Waals surface area contributed by atoms with Crippen molar-refractivity contribution in [2.45, 2.75) is 85.2 Å². The number of unbranched alkanes of at least 4 members (excludes halogenated alkanes) is 3. The molecule has 0 saturated carbocycles. The van der Waals surface area contributed by atoms with E-state index in [1.54, 1.807) is 25.3 Å². The SMILES string of the molecule is CCOC(=O)CCCCOc1cc(OCCCCCOc2ccc(C=NN)cc2)ccc1C(=O)N(C(C)C)C(C)C. The van der Waals surface area contributed by atoms with Gasteiger partial charge in [0.05, 0.1) is 38.2 Å². The highest BCUT2D eigenvalue weighted by Crippen LogP contribution is 2.28. The second-order valence-electron chi connectivity index (χ2n) is 10.3. The largest absolute Gasteiger partial charge is 0.494 e. The number of ether oxygens (including phenoxy) is 4. The van der Waals surface area contributed by atoms with E-state index in [1.807, 2.05) is 62.9 Å². The molecule has 2 aromatic carbocycles. The first-order valence-corrected chi connectivity index (χ1v) is 14.6. The van der Waals surface area contributed by atoms with Crippen molar-refractivity contribution in [2.24, 2.45) is 10.9 Å². The maximum atomic E-state index is 13.4. The molecule has 1 amide bonds. The zero-order chi connectivity index (χ0) is 30.0. The molecule has 0 fully saturated rings. The van der Waals surface area contributed by atoms with Gasteiger partial charge in [0.1, 0.15) is 17.2 Å². The van der Waals surface area contributed by atoms with Crippen molar-refractivity contribution >= 4 is 18.1 Å². The molecule has 226 valence electrons. The predicted octanol–water partition coefficient (Wildman–Crippen LogP) is 5.98. The average molecular weight is 570 g/mol. The Hall–Kier alpha value is -3.75. The summed E-state index contributed by atoms with van der Waals surface area (Å²) in [6.45, 7) is 11.7. The van der Waals surface area contributed by atoms with Gasteiger partial charge in [-0.3, -0.25) is 9.59 Å². The molecule has 0 aliphatic carbocycles. The van der Waals surface area contributed by atoms with Gasteiger partial charge >= 0.3 is 5.97 Å². The summed E-state index contributed by atoms with van der Waals surface area (Å²) >= 11 is 0. The fourth-order valence-electron chi connectivity index (χ4n) is 4.38. The Morgan fingerprint density at radius 1 is 0.829 bits per heavy atom. The Morgan fingerprint density at radius 2 is 1.41 bits per heavy atom. The number of hydrogen-bond acceptors (Lipinski definition) is 8.